The van der Waals surface area contributed by atoms with Crippen molar-refractivity contribution < 1.29 is 24.0 Å². The van der Waals surface area contributed by atoms with E-state index in [2.05, 4.69) is 66.9 Å². The number of halogens is 1. The molecule has 20 heavy (non-hydrogen) atoms. The van der Waals surface area contributed by atoms with Crippen molar-refractivity contribution in [2.24, 2.45) is 0 Å². The average Bonchev–Trinajstić information content (AvgIpc) is 2.93. The highest BCUT2D eigenvalue weighted by Crippen LogP contribution is 2.46. The standard InChI is InChI=1S/C16H13S3.HI/c1-17-16-14(12-8-4-2-5-9-12)15(18-19-16)13-10-6-3-7-11-13;/h2-11H,1H3;1H/q+1;/p-1. The molecule has 0 unspecified atom stereocenters. The second-order valence-electron chi connectivity index (χ2n) is 4.09. The molecule has 1 heterocycles. The molecule has 0 atom stereocenters. The van der Waals surface area contributed by atoms with E-state index in [4.69, 9.17) is 0 Å². The molecule has 0 N–H and O–H groups in total. The largest absolute Gasteiger partial charge is 1.00 e. The molecule has 1 aromatic heterocycles. The van der Waals surface area contributed by atoms with Gasteiger partial charge in [-0.2, -0.15) is 0 Å². The van der Waals surface area contributed by atoms with Crippen molar-refractivity contribution in [3.8, 4) is 21.6 Å². The van der Waals surface area contributed by atoms with E-state index >= 15 is 0 Å². The molecule has 0 radical (unpaired) electrons. The Morgan fingerprint density at radius 2 is 1.40 bits per heavy atom. The lowest BCUT2D eigenvalue weighted by Gasteiger charge is -2.01. The molecule has 0 spiro atoms. The van der Waals surface area contributed by atoms with Crippen LogP contribution < -0.4 is 24.0 Å². The highest BCUT2D eigenvalue weighted by molar-refractivity contribution is 8.02. The lowest BCUT2D eigenvalue weighted by atomic mass is 10.0. The SMILES string of the molecule is CSc1[s+]sc(-c2ccccc2)c1-c1ccccc1.[I-]. The molecule has 3 rings (SSSR count). The normalized spacial score (nSPS) is 10.1. The van der Waals surface area contributed by atoms with Gasteiger partial charge in [0, 0.05) is 0 Å². The quantitative estimate of drug-likeness (QED) is 0.267. The first-order valence-corrected chi connectivity index (χ1v) is 9.38. The maximum absolute atomic E-state index is 2.20. The fraction of sp³-hybridized carbons (Fsp3) is 0.0625. The van der Waals surface area contributed by atoms with E-state index in [9.17, 15) is 0 Å². The summed E-state index contributed by atoms with van der Waals surface area (Å²) in [6.07, 6.45) is 2.15. The third-order valence-corrected chi connectivity index (χ3v) is 6.85. The lowest BCUT2D eigenvalue weighted by Crippen LogP contribution is -3.00. The Labute approximate surface area is 148 Å². The van der Waals surface area contributed by atoms with Crippen LogP contribution in [0.15, 0.2) is 64.9 Å². The van der Waals surface area contributed by atoms with Crippen molar-refractivity contribution in [1.29, 1.82) is 0 Å². The molecule has 0 nitrogen and oxygen atoms in total. The van der Waals surface area contributed by atoms with E-state index in [1.54, 1.807) is 0 Å². The van der Waals surface area contributed by atoms with Gasteiger partial charge in [-0.1, -0.05) is 72.4 Å². The molecule has 0 fully saturated rings. The van der Waals surface area contributed by atoms with Gasteiger partial charge in [-0.25, -0.2) is 0 Å². The van der Waals surface area contributed by atoms with E-state index in [1.165, 1.54) is 25.8 Å². The third-order valence-electron chi connectivity index (χ3n) is 2.92. The van der Waals surface area contributed by atoms with Gasteiger partial charge in [0.15, 0.2) is 10.3 Å². The summed E-state index contributed by atoms with van der Waals surface area (Å²) in [7, 11) is 3.74. The van der Waals surface area contributed by atoms with E-state index in [0.29, 0.717) is 0 Å². The Morgan fingerprint density at radius 1 is 0.850 bits per heavy atom. The van der Waals surface area contributed by atoms with Crippen LogP contribution in [0.2, 0.25) is 0 Å². The van der Waals surface area contributed by atoms with E-state index < -0.39 is 0 Å². The van der Waals surface area contributed by atoms with Crippen molar-refractivity contribution in [2.75, 3.05) is 6.26 Å². The van der Waals surface area contributed by atoms with Crippen molar-refractivity contribution in [3.63, 3.8) is 0 Å². The van der Waals surface area contributed by atoms with Crippen LogP contribution in [-0.2, 0) is 0 Å². The van der Waals surface area contributed by atoms with Crippen molar-refractivity contribution in [3.05, 3.63) is 60.7 Å². The summed E-state index contributed by atoms with van der Waals surface area (Å²) >= 11 is 1.83. The minimum absolute atomic E-state index is 0. The van der Waals surface area contributed by atoms with Crippen LogP contribution >= 0.6 is 32.4 Å². The fourth-order valence-electron chi connectivity index (χ4n) is 2.03. The van der Waals surface area contributed by atoms with Gasteiger partial charge in [0.1, 0.15) is 4.88 Å². The molecule has 2 aromatic carbocycles. The Balaban J connectivity index is 0.00000147. The molecule has 0 amide bonds. The molecule has 0 aliphatic rings. The van der Waals surface area contributed by atoms with Gasteiger partial charge in [-0.3, -0.25) is 0 Å². The molecule has 0 aliphatic carbocycles. The molecular formula is C16H13IS3. The summed E-state index contributed by atoms with van der Waals surface area (Å²) in [6, 6.07) is 21.3. The highest BCUT2D eigenvalue weighted by atomic mass is 127. The minimum Gasteiger partial charge on any atom is -1.00 e. The van der Waals surface area contributed by atoms with Crippen molar-refractivity contribution >= 4 is 32.4 Å². The van der Waals surface area contributed by atoms with Gasteiger partial charge in [-0.15, -0.1) is 0 Å². The third kappa shape index (κ3) is 3.24. The van der Waals surface area contributed by atoms with Crippen LogP contribution in [0.3, 0.4) is 0 Å². The second kappa shape index (κ2) is 7.54. The van der Waals surface area contributed by atoms with Gasteiger partial charge in [0.25, 0.3) is 4.21 Å². The first-order valence-electron chi connectivity index (χ1n) is 6.01. The van der Waals surface area contributed by atoms with Gasteiger partial charge in [0.05, 0.1) is 5.56 Å². The molecule has 0 aliphatic heterocycles. The monoisotopic (exact) mass is 428 g/mol. The van der Waals surface area contributed by atoms with Crippen LogP contribution in [-0.4, -0.2) is 6.26 Å². The van der Waals surface area contributed by atoms with Crippen molar-refractivity contribution in [2.45, 2.75) is 4.21 Å². The smallest absolute Gasteiger partial charge is 0.308 e. The van der Waals surface area contributed by atoms with E-state index in [-0.39, 0.29) is 24.0 Å². The summed E-state index contributed by atoms with van der Waals surface area (Å²) in [6.45, 7) is 0. The summed E-state index contributed by atoms with van der Waals surface area (Å²) < 4.78 is 1.40. The zero-order chi connectivity index (χ0) is 13.1. The van der Waals surface area contributed by atoms with Gasteiger partial charge < -0.3 is 24.0 Å². The molecule has 0 saturated carbocycles. The van der Waals surface area contributed by atoms with E-state index in [0.717, 1.165) is 0 Å². The molecule has 4 heteroatoms. The lowest BCUT2D eigenvalue weighted by molar-refractivity contribution is -0.00000351. The van der Waals surface area contributed by atoms with Gasteiger partial charge in [0.2, 0.25) is 0 Å². The number of thioether (sulfide) groups is 1. The summed E-state index contributed by atoms with van der Waals surface area (Å²) in [5.74, 6) is 0. The van der Waals surface area contributed by atoms with Crippen LogP contribution in [0, 0.1) is 0 Å². The first-order chi connectivity index (χ1) is 9.40. The second-order valence-corrected chi connectivity index (χ2v) is 7.32. The molecular weight excluding hydrogens is 415 g/mol. The number of hydrogen-bond donors (Lipinski definition) is 0. The Morgan fingerprint density at radius 3 is 1.95 bits per heavy atom. The highest BCUT2D eigenvalue weighted by Gasteiger charge is 2.25. The van der Waals surface area contributed by atoms with Crippen LogP contribution in [0.4, 0.5) is 0 Å². The molecule has 0 saturated heterocycles. The Bertz CT molecular complexity index is 663. The summed E-state index contributed by atoms with van der Waals surface area (Å²) in [5, 5.41) is 0. The molecule has 3 aromatic rings. The topological polar surface area (TPSA) is 0 Å². The predicted molar refractivity (Wildman–Crippen MR) is 89.3 cm³/mol. The number of rotatable bonds is 3. The summed E-state index contributed by atoms with van der Waals surface area (Å²) in [4.78, 5) is 1.38. The zero-order valence-corrected chi connectivity index (χ0v) is 15.5. The number of benzene rings is 2. The maximum atomic E-state index is 2.20. The Kier molecular flexibility index (Phi) is 6.01. The molecule has 0 bridgehead atoms. The predicted octanol–water partition coefficient (Wildman–Crippen LogP) is 3.15. The fourth-order valence-corrected chi connectivity index (χ4v) is 6.03. The molecule has 102 valence electrons. The van der Waals surface area contributed by atoms with Crippen LogP contribution in [0.25, 0.3) is 21.6 Å². The van der Waals surface area contributed by atoms with Crippen LogP contribution in [0.1, 0.15) is 0 Å². The van der Waals surface area contributed by atoms with Gasteiger partial charge >= 0.3 is 10.3 Å². The average molecular weight is 428 g/mol. The summed E-state index contributed by atoms with van der Waals surface area (Å²) in [5.41, 5.74) is 4.00. The van der Waals surface area contributed by atoms with Crippen LogP contribution in [0.5, 0.6) is 0 Å². The minimum atomic E-state index is 0. The van der Waals surface area contributed by atoms with Gasteiger partial charge in [-0.05, 0) is 17.4 Å². The zero-order valence-electron chi connectivity index (χ0n) is 10.9. The van der Waals surface area contributed by atoms with E-state index in [1.807, 2.05) is 32.4 Å². The first kappa shape index (κ1) is 15.9. The maximum Gasteiger partial charge on any atom is 0.308 e. The van der Waals surface area contributed by atoms with Crippen molar-refractivity contribution in [1.82, 2.24) is 0 Å². The number of hydrogen-bond acceptors (Lipinski definition) is 2. The Hall–Kier alpha value is -0.430.